The Balaban J connectivity index is 1.75. The molecule has 0 saturated carbocycles. The van der Waals surface area contributed by atoms with Crippen LogP contribution in [0.15, 0.2) is 40.0 Å². The summed E-state index contributed by atoms with van der Waals surface area (Å²) in [5, 5.41) is 9.08. The van der Waals surface area contributed by atoms with E-state index in [1.54, 1.807) is 28.8 Å². The van der Waals surface area contributed by atoms with E-state index < -0.39 is 0 Å². The first-order valence-corrected chi connectivity index (χ1v) is 9.91. The fourth-order valence-corrected chi connectivity index (χ4v) is 4.22. The largest absolute Gasteiger partial charge is 0.496 e. The van der Waals surface area contributed by atoms with E-state index in [0.29, 0.717) is 17.0 Å². The molecule has 0 amide bonds. The number of fused-ring (bicyclic) bond motifs is 3. The second kappa shape index (κ2) is 6.83. The van der Waals surface area contributed by atoms with Gasteiger partial charge in [-0.3, -0.25) is 14.2 Å². The topological polar surface area (TPSA) is 104 Å². The second-order valence-corrected chi connectivity index (χ2v) is 7.71. The monoisotopic (exact) mass is 418 g/mol. The number of methoxy groups -OCH3 is 1. The number of H-pyrrole nitrogens is 1. The van der Waals surface area contributed by atoms with Crippen LogP contribution in [0.5, 0.6) is 5.75 Å². The molecule has 158 valence electrons. The van der Waals surface area contributed by atoms with Crippen molar-refractivity contribution in [3.63, 3.8) is 0 Å². The van der Waals surface area contributed by atoms with Gasteiger partial charge in [-0.1, -0.05) is 5.16 Å². The smallest absolute Gasteiger partial charge is 0.327 e. The number of nitrogens with zero attached hydrogens (tertiary/aromatic N) is 5. The van der Waals surface area contributed by atoms with Crippen LogP contribution in [0, 0.1) is 13.8 Å². The summed E-state index contributed by atoms with van der Waals surface area (Å²) in [6, 6.07) is 3.65. The number of aromatic amines is 1. The molecule has 0 spiro atoms. The maximum absolute atomic E-state index is 12.9. The summed E-state index contributed by atoms with van der Waals surface area (Å²) in [6.45, 7) is 5.73. The zero-order chi connectivity index (χ0) is 21.9. The van der Waals surface area contributed by atoms with Crippen LogP contribution in [0.3, 0.4) is 0 Å². The van der Waals surface area contributed by atoms with E-state index in [1.807, 2.05) is 46.1 Å². The van der Waals surface area contributed by atoms with Crippen molar-refractivity contribution >= 4 is 21.9 Å². The number of rotatable bonds is 4. The third-order valence-corrected chi connectivity index (χ3v) is 5.78. The van der Waals surface area contributed by atoms with Crippen molar-refractivity contribution in [2.45, 2.75) is 26.8 Å². The molecule has 0 aliphatic carbocycles. The summed E-state index contributed by atoms with van der Waals surface area (Å²) in [5.74, 6) is 1.37. The first kappa shape index (κ1) is 19.1. The van der Waals surface area contributed by atoms with Gasteiger partial charge in [-0.2, -0.15) is 5.10 Å². The summed E-state index contributed by atoms with van der Waals surface area (Å²) >= 11 is 0. The summed E-state index contributed by atoms with van der Waals surface area (Å²) in [7, 11) is 3.47. The van der Waals surface area contributed by atoms with E-state index in [2.05, 4.69) is 20.2 Å². The van der Waals surface area contributed by atoms with Crippen LogP contribution in [0.2, 0.25) is 0 Å². The highest BCUT2D eigenvalue weighted by atomic mass is 16.5. The summed E-state index contributed by atoms with van der Waals surface area (Å²) in [4.78, 5) is 20.6. The molecule has 9 nitrogen and oxygen atoms in total. The highest BCUT2D eigenvalue weighted by Crippen LogP contribution is 2.38. The van der Waals surface area contributed by atoms with Crippen LogP contribution in [0.1, 0.15) is 30.0 Å². The van der Waals surface area contributed by atoms with Crippen molar-refractivity contribution in [1.82, 2.24) is 29.5 Å². The maximum atomic E-state index is 12.9. The molecule has 0 aliphatic rings. The molecule has 1 atom stereocenters. The molecule has 1 aromatic carbocycles. The number of hydrogen-bond acceptors (Lipinski definition) is 6. The van der Waals surface area contributed by atoms with Crippen LogP contribution in [-0.4, -0.2) is 36.6 Å². The Bertz CT molecular complexity index is 1480. The minimum absolute atomic E-state index is 0.197. The summed E-state index contributed by atoms with van der Waals surface area (Å²) in [5.41, 5.74) is 5.44. The van der Waals surface area contributed by atoms with Crippen LogP contribution in [0.4, 0.5) is 0 Å². The lowest BCUT2D eigenvalue weighted by Gasteiger charge is -2.13. The van der Waals surface area contributed by atoms with Crippen LogP contribution in [0.25, 0.3) is 33.1 Å². The minimum atomic E-state index is -0.200. The normalized spacial score (nSPS) is 12.7. The minimum Gasteiger partial charge on any atom is -0.496 e. The zero-order valence-electron chi connectivity index (χ0n) is 17.9. The lowest BCUT2D eigenvalue weighted by Crippen LogP contribution is -2.20. The van der Waals surface area contributed by atoms with Gasteiger partial charge in [0.1, 0.15) is 11.5 Å². The van der Waals surface area contributed by atoms with Gasteiger partial charge in [-0.15, -0.1) is 0 Å². The first-order valence-electron chi connectivity index (χ1n) is 9.91. The van der Waals surface area contributed by atoms with Gasteiger partial charge in [0, 0.05) is 29.8 Å². The third kappa shape index (κ3) is 2.84. The SMILES string of the molecule is COc1cc2c(cc1-c1c(C)noc1C)ncc1c2[nH]c(=O)n1C(C)c1cnn(C)c1. The van der Waals surface area contributed by atoms with E-state index in [1.165, 1.54) is 0 Å². The quantitative estimate of drug-likeness (QED) is 0.479. The number of imidazole rings is 1. The van der Waals surface area contributed by atoms with Gasteiger partial charge in [-0.25, -0.2) is 4.79 Å². The average Bonchev–Trinajstić information content (AvgIpc) is 3.43. The van der Waals surface area contributed by atoms with Gasteiger partial charge in [0.05, 0.1) is 53.4 Å². The van der Waals surface area contributed by atoms with E-state index in [4.69, 9.17) is 9.26 Å². The number of pyridine rings is 1. The molecule has 31 heavy (non-hydrogen) atoms. The second-order valence-electron chi connectivity index (χ2n) is 7.71. The highest BCUT2D eigenvalue weighted by molar-refractivity contribution is 6.04. The molecule has 0 radical (unpaired) electrons. The number of hydrogen-bond donors (Lipinski definition) is 1. The van der Waals surface area contributed by atoms with Gasteiger partial charge in [-0.05, 0) is 32.9 Å². The fourth-order valence-electron chi connectivity index (χ4n) is 4.22. The molecule has 5 rings (SSSR count). The third-order valence-electron chi connectivity index (χ3n) is 5.78. The molecule has 0 bridgehead atoms. The van der Waals surface area contributed by atoms with Crippen LogP contribution >= 0.6 is 0 Å². The zero-order valence-corrected chi connectivity index (χ0v) is 17.9. The molecular formula is C22H22N6O3. The molecule has 0 aliphatic heterocycles. The lowest BCUT2D eigenvalue weighted by atomic mass is 10.0. The Labute approximate surface area is 177 Å². The van der Waals surface area contributed by atoms with Gasteiger partial charge in [0.15, 0.2) is 0 Å². The predicted molar refractivity (Wildman–Crippen MR) is 116 cm³/mol. The Morgan fingerprint density at radius 1 is 1.23 bits per heavy atom. The van der Waals surface area contributed by atoms with Crippen molar-refractivity contribution in [3.8, 4) is 16.9 Å². The Morgan fingerprint density at radius 2 is 2.03 bits per heavy atom. The summed E-state index contributed by atoms with van der Waals surface area (Å²) < 4.78 is 14.4. The predicted octanol–water partition coefficient (Wildman–Crippen LogP) is 3.50. The van der Waals surface area contributed by atoms with Crippen molar-refractivity contribution in [2.24, 2.45) is 7.05 Å². The van der Waals surface area contributed by atoms with E-state index >= 15 is 0 Å². The molecular weight excluding hydrogens is 396 g/mol. The number of aromatic nitrogens is 6. The van der Waals surface area contributed by atoms with E-state index in [9.17, 15) is 4.79 Å². The maximum Gasteiger partial charge on any atom is 0.327 e. The fraction of sp³-hybridized carbons (Fsp3) is 0.273. The summed E-state index contributed by atoms with van der Waals surface area (Å²) in [6.07, 6.45) is 5.40. The van der Waals surface area contributed by atoms with Gasteiger partial charge < -0.3 is 14.2 Å². The van der Waals surface area contributed by atoms with Crippen LogP contribution in [-0.2, 0) is 7.05 Å². The highest BCUT2D eigenvalue weighted by Gasteiger charge is 2.21. The Hall–Kier alpha value is -3.88. The van der Waals surface area contributed by atoms with E-state index in [-0.39, 0.29) is 11.7 Å². The molecule has 4 aromatic heterocycles. The van der Waals surface area contributed by atoms with Crippen molar-refractivity contribution < 1.29 is 9.26 Å². The number of ether oxygens (including phenoxy) is 1. The number of aryl methyl sites for hydroxylation is 3. The first-order chi connectivity index (χ1) is 14.9. The molecule has 0 fully saturated rings. The van der Waals surface area contributed by atoms with Crippen molar-refractivity contribution in [3.05, 3.63) is 58.2 Å². The molecule has 0 saturated heterocycles. The van der Waals surface area contributed by atoms with Crippen LogP contribution < -0.4 is 10.4 Å². The molecule has 4 heterocycles. The van der Waals surface area contributed by atoms with Crippen molar-refractivity contribution in [1.29, 1.82) is 0 Å². The van der Waals surface area contributed by atoms with Gasteiger partial charge in [0.25, 0.3) is 0 Å². The molecule has 9 heteroatoms. The Morgan fingerprint density at radius 3 is 2.68 bits per heavy atom. The van der Waals surface area contributed by atoms with E-state index in [0.717, 1.165) is 38.8 Å². The lowest BCUT2D eigenvalue weighted by molar-refractivity contribution is 0.393. The molecule has 1 unspecified atom stereocenters. The van der Waals surface area contributed by atoms with Gasteiger partial charge >= 0.3 is 5.69 Å². The van der Waals surface area contributed by atoms with Crippen molar-refractivity contribution in [2.75, 3.05) is 7.11 Å². The Kier molecular flexibility index (Phi) is 4.21. The molecule has 1 N–H and O–H groups in total. The number of benzene rings is 1. The average molecular weight is 418 g/mol. The molecule has 5 aromatic rings. The standard InChI is InChI=1S/C22H22N6O3/c1-11-20(13(3)31-26-11)16-6-17-15(7-19(16)30-5)21-18(9-23-17)28(22(29)25-21)12(2)14-8-24-27(4)10-14/h6-10,12H,1-5H3,(H,25,29). The van der Waals surface area contributed by atoms with Gasteiger partial charge in [0.2, 0.25) is 0 Å². The number of nitrogens with one attached hydrogen (secondary N) is 1.